The van der Waals surface area contributed by atoms with E-state index in [1.807, 2.05) is 12.1 Å². The third-order valence-corrected chi connectivity index (χ3v) is 3.42. The van der Waals surface area contributed by atoms with Crippen LogP contribution in [0.1, 0.15) is 27.9 Å². The topological polar surface area (TPSA) is 99.5 Å². The molecule has 0 unspecified atom stereocenters. The SMILES string of the molecule is COC(=O)c1c(N)c(C#N)cn1-c1ccccc1C(OC)OC. The Kier molecular flexibility index (Phi) is 5.01. The van der Waals surface area contributed by atoms with Crippen LogP contribution in [0.4, 0.5) is 5.69 Å². The van der Waals surface area contributed by atoms with Crippen LogP contribution in [0.2, 0.25) is 0 Å². The molecule has 0 aliphatic heterocycles. The number of carbonyl (C=O) groups excluding carboxylic acids is 1. The molecule has 1 aromatic carbocycles. The number of carbonyl (C=O) groups is 1. The predicted octanol–water partition coefficient (Wildman–Crippen LogP) is 2.01. The molecule has 1 aromatic heterocycles. The van der Waals surface area contributed by atoms with Gasteiger partial charge in [0.05, 0.1) is 24.0 Å². The van der Waals surface area contributed by atoms with Crippen molar-refractivity contribution in [2.24, 2.45) is 0 Å². The summed E-state index contributed by atoms with van der Waals surface area (Å²) in [6.07, 6.45) is 0.855. The molecule has 0 saturated carbocycles. The molecule has 2 rings (SSSR count). The van der Waals surface area contributed by atoms with Crippen LogP contribution < -0.4 is 5.73 Å². The average Bonchev–Trinajstić information content (AvgIpc) is 2.92. The van der Waals surface area contributed by atoms with Crippen molar-refractivity contribution in [3.63, 3.8) is 0 Å². The van der Waals surface area contributed by atoms with Gasteiger partial charge in [-0.25, -0.2) is 4.79 Å². The van der Waals surface area contributed by atoms with Crippen LogP contribution in [0.3, 0.4) is 0 Å². The van der Waals surface area contributed by atoms with Crippen LogP contribution in [0.15, 0.2) is 30.5 Å². The van der Waals surface area contributed by atoms with Gasteiger partial charge in [-0.1, -0.05) is 18.2 Å². The van der Waals surface area contributed by atoms with E-state index >= 15 is 0 Å². The molecular formula is C16H17N3O4. The highest BCUT2D eigenvalue weighted by atomic mass is 16.7. The quantitative estimate of drug-likeness (QED) is 0.669. The van der Waals surface area contributed by atoms with E-state index in [9.17, 15) is 10.1 Å². The molecule has 0 amide bonds. The van der Waals surface area contributed by atoms with Crippen LogP contribution in [0.25, 0.3) is 5.69 Å². The summed E-state index contributed by atoms with van der Waals surface area (Å²) in [7, 11) is 4.28. The number of para-hydroxylation sites is 1. The van der Waals surface area contributed by atoms with Gasteiger partial charge in [0, 0.05) is 26.0 Å². The number of methoxy groups -OCH3 is 3. The number of esters is 1. The first-order chi connectivity index (χ1) is 11.1. The first kappa shape index (κ1) is 16.5. The van der Waals surface area contributed by atoms with Crippen molar-refractivity contribution in [2.45, 2.75) is 6.29 Å². The molecule has 0 bridgehead atoms. The van der Waals surface area contributed by atoms with Gasteiger partial charge in [-0.15, -0.1) is 0 Å². The van der Waals surface area contributed by atoms with Gasteiger partial charge in [0.15, 0.2) is 12.0 Å². The van der Waals surface area contributed by atoms with Crippen molar-refractivity contribution in [3.8, 4) is 11.8 Å². The monoisotopic (exact) mass is 315 g/mol. The number of nitrogens with two attached hydrogens (primary N) is 1. The molecule has 23 heavy (non-hydrogen) atoms. The molecule has 1 heterocycles. The van der Waals surface area contributed by atoms with Gasteiger partial charge in [-0.05, 0) is 6.07 Å². The summed E-state index contributed by atoms with van der Waals surface area (Å²) in [5.74, 6) is -0.634. The highest BCUT2D eigenvalue weighted by Gasteiger charge is 2.24. The number of nitriles is 1. The molecule has 7 heteroatoms. The van der Waals surface area contributed by atoms with Gasteiger partial charge in [0.1, 0.15) is 6.07 Å². The van der Waals surface area contributed by atoms with Gasteiger partial charge in [0.2, 0.25) is 0 Å². The lowest BCUT2D eigenvalue weighted by Crippen LogP contribution is -2.14. The lowest BCUT2D eigenvalue weighted by Gasteiger charge is -2.19. The van der Waals surface area contributed by atoms with Crippen molar-refractivity contribution >= 4 is 11.7 Å². The second kappa shape index (κ2) is 6.96. The lowest BCUT2D eigenvalue weighted by molar-refractivity contribution is -0.105. The Balaban J connectivity index is 2.73. The van der Waals surface area contributed by atoms with Gasteiger partial charge < -0.3 is 24.5 Å². The zero-order chi connectivity index (χ0) is 17.0. The average molecular weight is 315 g/mol. The minimum Gasteiger partial charge on any atom is -0.464 e. The number of rotatable bonds is 5. The van der Waals surface area contributed by atoms with Crippen molar-refractivity contribution in [2.75, 3.05) is 27.1 Å². The van der Waals surface area contributed by atoms with Crippen LogP contribution >= 0.6 is 0 Å². The number of anilines is 1. The van der Waals surface area contributed by atoms with Crippen molar-refractivity contribution < 1.29 is 19.0 Å². The summed E-state index contributed by atoms with van der Waals surface area (Å²) in [5.41, 5.74) is 7.54. The largest absolute Gasteiger partial charge is 0.464 e. The standard InChI is InChI=1S/C16H17N3O4/c1-21-15(20)14-13(18)10(8-17)9-19(14)12-7-5-4-6-11(12)16(22-2)23-3/h4-7,9,16H,18H2,1-3H3. The number of hydrogen-bond acceptors (Lipinski definition) is 6. The molecule has 0 spiro atoms. The van der Waals surface area contributed by atoms with Gasteiger partial charge in [-0.3, -0.25) is 0 Å². The van der Waals surface area contributed by atoms with E-state index in [-0.39, 0.29) is 16.9 Å². The third kappa shape index (κ3) is 2.90. The Morgan fingerprint density at radius 2 is 1.91 bits per heavy atom. The fourth-order valence-electron chi connectivity index (χ4n) is 2.36. The van der Waals surface area contributed by atoms with Crippen LogP contribution in [0, 0.1) is 11.3 Å². The minimum atomic E-state index is -0.634. The van der Waals surface area contributed by atoms with Gasteiger partial charge >= 0.3 is 5.97 Å². The van der Waals surface area contributed by atoms with Crippen LogP contribution in [-0.4, -0.2) is 31.9 Å². The number of nitrogen functional groups attached to an aromatic ring is 1. The van der Waals surface area contributed by atoms with E-state index < -0.39 is 12.3 Å². The molecular weight excluding hydrogens is 298 g/mol. The first-order valence-electron chi connectivity index (χ1n) is 6.73. The minimum absolute atomic E-state index is 0.0699. The van der Waals surface area contributed by atoms with E-state index in [4.69, 9.17) is 19.9 Å². The summed E-state index contributed by atoms with van der Waals surface area (Å²) in [6.45, 7) is 0. The number of hydrogen-bond donors (Lipinski definition) is 1. The third-order valence-electron chi connectivity index (χ3n) is 3.42. The smallest absolute Gasteiger partial charge is 0.357 e. The Morgan fingerprint density at radius 3 is 2.48 bits per heavy atom. The van der Waals surface area contributed by atoms with E-state index in [1.54, 1.807) is 18.2 Å². The number of aromatic nitrogens is 1. The molecule has 0 aliphatic carbocycles. The number of benzene rings is 1. The maximum Gasteiger partial charge on any atom is 0.357 e. The second-order valence-electron chi connectivity index (χ2n) is 4.64. The molecule has 7 nitrogen and oxygen atoms in total. The Hall–Kier alpha value is -2.82. The molecule has 2 N–H and O–H groups in total. The summed E-state index contributed by atoms with van der Waals surface area (Å²) in [4.78, 5) is 12.1. The molecule has 0 saturated heterocycles. The van der Waals surface area contributed by atoms with Crippen molar-refractivity contribution in [3.05, 3.63) is 47.3 Å². The first-order valence-corrected chi connectivity index (χ1v) is 6.73. The molecule has 0 aliphatic rings. The molecule has 2 aromatic rings. The second-order valence-corrected chi connectivity index (χ2v) is 4.64. The molecule has 0 atom stereocenters. The highest BCUT2D eigenvalue weighted by molar-refractivity contribution is 5.96. The molecule has 120 valence electrons. The van der Waals surface area contributed by atoms with E-state index in [0.29, 0.717) is 11.3 Å². The summed E-state index contributed by atoms with van der Waals surface area (Å²) in [6, 6.07) is 9.15. The Bertz CT molecular complexity index is 757. The normalized spacial score (nSPS) is 10.6. The van der Waals surface area contributed by atoms with Gasteiger partial charge in [-0.2, -0.15) is 5.26 Å². The lowest BCUT2D eigenvalue weighted by atomic mass is 10.1. The fraction of sp³-hybridized carbons (Fsp3) is 0.250. The maximum atomic E-state index is 12.1. The van der Waals surface area contributed by atoms with E-state index in [1.165, 1.54) is 32.1 Å². The summed E-state index contributed by atoms with van der Waals surface area (Å²) in [5, 5.41) is 9.18. The van der Waals surface area contributed by atoms with Crippen LogP contribution in [0.5, 0.6) is 0 Å². The summed E-state index contributed by atoms with van der Waals surface area (Å²) < 4.78 is 16.9. The fourth-order valence-corrected chi connectivity index (χ4v) is 2.36. The summed E-state index contributed by atoms with van der Waals surface area (Å²) >= 11 is 0. The maximum absolute atomic E-state index is 12.1. The number of ether oxygens (including phenoxy) is 3. The van der Waals surface area contributed by atoms with E-state index in [0.717, 1.165) is 0 Å². The van der Waals surface area contributed by atoms with Gasteiger partial charge in [0.25, 0.3) is 0 Å². The van der Waals surface area contributed by atoms with E-state index in [2.05, 4.69) is 0 Å². The Labute approximate surface area is 133 Å². The van der Waals surface area contributed by atoms with Crippen molar-refractivity contribution in [1.29, 1.82) is 5.26 Å². The molecule has 0 fully saturated rings. The zero-order valence-electron chi connectivity index (χ0n) is 13.1. The Morgan fingerprint density at radius 1 is 1.26 bits per heavy atom. The molecule has 0 radical (unpaired) electrons. The zero-order valence-corrected chi connectivity index (χ0v) is 13.1. The highest BCUT2D eigenvalue weighted by Crippen LogP contribution is 2.30. The predicted molar refractivity (Wildman–Crippen MR) is 83.0 cm³/mol. The van der Waals surface area contributed by atoms with Crippen molar-refractivity contribution in [1.82, 2.24) is 4.57 Å². The number of nitrogens with zero attached hydrogens (tertiary/aromatic N) is 2. The van der Waals surface area contributed by atoms with Crippen LogP contribution in [-0.2, 0) is 14.2 Å².